The molecule has 294 valence electrons. The summed E-state index contributed by atoms with van der Waals surface area (Å²) in [6, 6.07) is 17.6. The number of ether oxygens (including phenoxy) is 2. The molecular formula is C44H47N7O6. The van der Waals surface area contributed by atoms with E-state index in [2.05, 4.69) is 67.4 Å². The van der Waals surface area contributed by atoms with Crippen molar-refractivity contribution in [3.63, 3.8) is 0 Å². The highest BCUT2D eigenvalue weighted by Crippen LogP contribution is 2.33. The van der Waals surface area contributed by atoms with Gasteiger partial charge in [0.05, 0.1) is 23.3 Å². The zero-order chi connectivity index (χ0) is 39.0. The Labute approximate surface area is 330 Å². The summed E-state index contributed by atoms with van der Waals surface area (Å²) in [5.41, 5.74) is 5.02. The summed E-state index contributed by atoms with van der Waals surface area (Å²) < 4.78 is 14.4. The molecule has 0 radical (unpaired) electrons. The van der Waals surface area contributed by atoms with E-state index in [9.17, 15) is 19.2 Å². The number of hydrogen-bond donors (Lipinski definition) is 2. The summed E-state index contributed by atoms with van der Waals surface area (Å²) >= 11 is 0. The summed E-state index contributed by atoms with van der Waals surface area (Å²) in [5, 5.41) is 8.46. The minimum absolute atomic E-state index is 0.0903. The number of imide groups is 2. The topological polar surface area (TPSA) is 148 Å². The summed E-state index contributed by atoms with van der Waals surface area (Å²) in [6.45, 7) is 3.77. The molecule has 6 heterocycles. The van der Waals surface area contributed by atoms with E-state index in [1.54, 1.807) is 18.2 Å². The average molecular weight is 770 g/mol. The number of carbonyl (C=O) groups is 4. The van der Waals surface area contributed by atoms with Crippen molar-refractivity contribution in [3.8, 4) is 22.8 Å². The number of rotatable bonds is 13. The van der Waals surface area contributed by atoms with Gasteiger partial charge < -0.3 is 24.3 Å². The Morgan fingerprint density at radius 1 is 0.807 bits per heavy atom. The molecule has 4 amide bonds. The van der Waals surface area contributed by atoms with E-state index in [4.69, 9.17) is 9.47 Å². The van der Waals surface area contributed by atoms with Gasteiger partial charge in [0.15, 0.2) is 0 Å². The normalized spacial score (nSPS) is 21.6. The first-order valence-corrected chi connectivity index (χ1v) is 20.2. The highest BCUT2D eigenvalue weighted by molar-refractivity contribution is 6.23. The minimum Gasteiger partial charge on any atom is -0.494 e. The van der Waals surface area contributed by atoms with E-state index >= 15 is 0 Å². The average Bonchev–Trinajstić information content (AvgIpc) is 3.64. The molecular weight excluding hydrogens is 723 g/mol. The van der Waals surface area contributed by atoms with E-state index in [1.165, 1.54) is 16.4 Å². The summed E-state index contributed by atoms with van der Waals surface area (Å²) in [7, 11) is 2.09. The van der Waals surface area contributed by atoms with Crippen molar-refractivity contribution in [2.24, 2.45) is 7.05 Å². The monoisotopic (exact) mass is 769 g/mol. The fourth-order valence-electron chi connectivity index (χ4n) is 8.82. The maximum atomic E-state index is 13.1. The zero-order valence-electron chi connectivity index (χ0n) is 32.1. The molecule has 3 fully saturated rings. The van der Waals surface area contributed by atoms with Crippen LogP contribution < -0.4 is 20.1 Å². The molecule has 3 aliphatic heterocycles. The molecule has 0 bridgehead atoms. The number of hydrogen-bond acceptors (Lipinski definition) is 10. The molecule has 2 N–H and O–H groups in total. The number of nitrogens with one attached hydrogen (secondary N) is 2. The van der Waals surface area contributed by atoms with Crippen LogP contribution in [0.1, 0.15) is 78.5 Å². The first-order chi connectivity index (χ1) is 27.8. The molecule has 1 saturated carbocycles. The lowest BCUT2D eigenvalue weighted by Gasteiger charge is -2.40. The molecule has 13 nitrogen and oxygen atoms in total. The fourth-order valence-corrected chi connectivity index (χ4v) is 8.82. The van der Waals surface area contributed by atoms with Gasteiger partial charge in [0.1, 0.15) is 17.9 Å². The van der Waals surface area contributed by atoms with Gasteiger partial charge in [-0.2, -0.15) is 0 Å². The summed E-state index contributed by atoms with van der Waals surface area (Å²) in [5.74, 6) is -0.853. The van der Waals surface area contributed by atoms with Gasteiger partial charge in [-0.1, -0.05) is 12.1 Å². The number of aromatic nitrogens is 3. The maximum Gasteiger partial charge on any atom is 0.262 e. The molecule has 5 aromatic rings. The van der Waals surface area contributed by atoms with Crippen LogP contribution >= 0.6 is 0 Å². The van der Waals surface area contributed by atoms with E-state index in [0.29, 0.717) is 30.3 Å². The second-order valence-corrected chi connectivity index (χ2v) is 15.8. The van der Waals surface area contributed by atoms with Crippen LogP contribution in [-0.2, 0) is 16.6 Å². The van der Waals surface area contributed by atoms with E-state index in [0.717, 1.165) is 86.0 Å². The van der Waals surface area contributed by atoms with Crippen LogP contribution in [0.15, 0.2) is 73.2 Å². The smallest absolute Gasteiger partial charge is 0.262 e. The lowest BCUT2D eigenvalue weighted by Crippen LogP contribution is -2.54. The second kappa shape index (κ2) is 15.7. The quantitative estimate of drug-likeness (QED) is 0.118. The van der Waals surface area contributed by atoms with Gasteiger partial charge in [-0.15, -0.1) is 0 Å². The van der Waals surface area contributed by atoms with Crippen molar-refractivity contribution >= 4 is 45.4 Å². The van der Waals surface area contributed by atoms with E-state index in [-0.39, 0.29) is 30.1 Å². The Kier molecular flexibility index (Phi) is 10.2. The molecule has 1 aliphatic carbocycles. The maximum absolute atomic E-state index is 13.1. The van der Waals surface area contributed by atoms with Gasteiger partial charge in [0.2, 0.25) is 17.7 Å². The molecule has 4 aliphatic rings. The number of fused-ring (bicyclic) bond motifs is 4. The molecule has 13 heteroatoms. The van der Waals surface area contributed by atoms with Gasteiger partial charge in [-0.3, -0.25) is 34.4 Å². The molecule has 1 atom stereocenters. The Hall–Kier alpha value is -5.66. The number of amides is 4. The summed E-state index contributed by atoms with van der Waals surface area (Å²) in [6.07, 6.45) is 13.4. The lowest BCUT2D eigenvalue weighted by atomic mass is 9.87. The van der Waals surface area contributed by atoms with E-state index in [1.807, 2.05) is 24.7 Å². The molecule has 1 unspecified atom stereocenters. The Morgan fingerprint density at radius 3 is 2.44 bits per heavy atom. The number of piperidine rings is 2. The summed E-state index contributed by atoms with van der Waals surface area (Å²) in [4.78, 5) is 62.3. The number of nitrogens with zero attached hydrogens (tertiary/aromatic N) is 5. The van der Waals surface area contributed by atoms with Crippen LogP contribution in [0.4, 0.5) is 0 Å². The molecule has 2 aromatic carbocycles. The Bertz CT molecular complexity index is 2340. The van der Waals surface area contributed by atoms with E-state index < -0.39 is 29.7 Å². The molecule has 9 rings (SSSR count). The predicted octanol–water partition coefficient (Wildman–Crippen LogP) is 5.40. The predicted molar refractivity (Wildman–Crippen MR) is 214 cm³/mol. The number of aryl methyl sites for hydroxylation is 1. The molecule has 2 saturated heterocycles. The van der Waals surface area contributed by atoms with Gasteiger partial charge in [-0.25, -0.2) is 4.98 Å². The fraction of sp³-hybridized carbons (Fsp3) is 0.409. The third kappa shape index (κ3) is 7.49. The molecule has 0 spiro atoms. The van der Waals surface area contributed by atoms with Crippen molar-refractivity contribution in [3.05, 3.63) is 84.3 Å². The van der Waals surface area contributed by atoms with Crippen LogP contribution in [0.3, 0.4) is 0 Å². The number of carbonyl (C=O) groups excluding carboxylic acids is 4. The SMILES string of the molecule is Cn1c2ccncc2c2ccc(-c3ccc(OC4CC(NC5CCN(CCCCCOc6ccc7c(c6)C(=O)N(C6CCC(=O)NC6=O)C7=O)CC5)C4)nc3)cc21. The molecule has 3 aromatic heterocycles. The van der Waals surface area contributed by atoms with Gasteiger partial charge in [-0.05, 0) is 113 Å². The third-order valence-corrected chi connectivity index (χ3v) is 12.1. The second-order valence-electron chi connectivity index (χ2n) is 15.8. The minimum atomic E-state index is -0.977. The van der Waals surface area contributed by atoms with Crippen molar-refractivity contribution in [2.75, 3.05) is 26.2 Å². The van der Waals surface area contributed by atoms with Crippen molar-refractivity contribution < 1.29 is 28.7 Å². The van der Waals surface area contributed by atoms with Crippen LogP contribution in [0.25, 0.3) is 32.9 Å². The number of unbranched alkanes of at least 4 members (excludes halogenated alkanes) is 2. The Morgan fingerprint density at radius 2 is 1.63 bits per heavy atom. The first kappa shape index (κ1) is 36.9. The van der Waals surface area contributed by atoms with Gasteiger partial charge in [0, 0.05) is 72.1 Å². The number of benzene rings is 2. The van der Waals surface area contributed by atoms with Crippen LogP contribution in [0.5, 0.6) is 11.6 Å². The van der Waals surface area contributed by atoms with Crippen LogP contribution in [0.2, 0.25) is 0 Å². The first-order valence-electron chi connectivity index (χ1n) is 20.2. The number of pyridine rings is 2. The number of likely N-dealkylation sites (tertiary alicyclic amines) is 1. The van der Waals surface area contributed by atoms with Crippen molar-refractivity contribution in [2.45, 2.75) is 82.0 Å². The van der Waals surface area contributed by atoms with Gasteiger partial charge >= 0.3 is 0 Å². The third-order valence-electron chi connectivity index (χ3n) is 12.1. The standard InChI is InChI=1S/C44H47N7O6/c1-49-37-13-16-45-26-36(37)33-8-5-27(21-39(33)49)28-6-12-41(46-25-28)57-32-22-30(23-32)47-29-14-18-50(19-15-29)17-3-2-4-20-56-31-7-9-34-35(24-31)44(55)51(43(34)54)38-10-11-40(52)48-42(38)53/h5-9,12-13,16,21,24-26,29-30,32,38,47H,2-4,10-11,14-15,17-20,22-23H2,1H3,(H,48,52,53). The van der Waals surface area contributed by atoms with Crippen LogP contribution in [-0.4, -0.2) is 98.4 Å². The largest absolute Gasteiger partial charge is 0.494 e. The van der Waals surface area contributed by atoms with Crippen molar-refractivity contribution in [1.82, 2.24) is 35.0 Å². The highest BCUT2D eigenvalue weighted by atomic mass is 16.5. The van der Waals surface area contributed by atoms with Gasteiger partial charge in [0.25, 0.3) is 11.8 Å². The van der Waals surface area contributed by atoms with Crippen LogP contribution in [0, 0.1) is 0 Å². The highest BCUT2D eigenvalue weighted by Gasteiger charge is 2.44. The zero-order valence-corrected chi connectivity index (χ0v) is 32.1. The molecule has 57 heavy (non-hydrogen) atoms. The van der Waals surface area contributed by atoms with Crippen molar-refractivity contribution in [1.29, 1.82) is 0 Å². The lowest BCUT2D eigenvalue weighted by molar-refractivity contribution is -0.136. The Balaban J connectivity index is 0.648.